The van der Waals surface area contributed by atoms with Crippen molar-refractivity contribution in [2.75, 3.05) is 13.7 Å². The Hall–Kier alpha value is -2.30. The molecule has 1 heterocycles. The first-order chi connectivity index (χ1) is 11.6. The number of carbonyl (C=O) groups excluding carboxylic acids is 1. The molecule has 0 atom stereocenters. The molecule has 0 aliphatic heterocycles. The lowest BCUT2D eigenvalue weighted by Crippen LogP contribution is -2.41. The first-order valence-corrected chi connectivity index (χ1v) is 8.57. The van der Waals surface area contributed by atoms with Gasteiger partial charge in [0, 0.05) is 12.6 Å². The summed E-state index contributed by atoms with van der Waals surface area (Å²) in [6, 6.07) is 7.00. The highest BCUT2D eigenvalue weighted by Gasteiger charge is 2.27. The van der Waals surface area contributed by atoms with Crippen LogP contribution in [0.5, 0.6) is 5.75 Å². The Bertz CT molecular complexity index is 790. The molecule has 5 nitrogen and oxygen atoms in total. The molecule has 5 heteroatoms. The molecule has 24 heavy (non-hydrogen) atoms. The van der Waals surface area contributed by atoms with Gasteiger partial charge in [-0.3, -0.25) is 4.79 Å². The van der Waals surface area contributed by atoms with Crippen molar-refractivity contribution < 1.29 is 13.9 Å². The molecule has 0 spiro atoms. The van der Waals surface area contributed by atoms with Crippen molar-refractivity contribution in [1.82, 2.24) is 4.90 Å². The Labute approximate surface area is 141 Å². The van der Waals surface area contributed by atoms with Crippen LogP contribution in [0.15, 0.2) is 33.5 Å². The average molecular weight is 329 g/mol. The number of ether oxygens (including phenoxy) is 1. The molecule has 1 aromatic heterocycles. The number of hydrogen-bond donors (Lipinski definition) is 0. The van der Waals surface area contributed by atoms with Crippen molar-refractivity contribution in [2.45, 2.75) is 45.1 Å². The summed E-state index contributed by atoms with van der Waals surface area (Å²) in [6.45, 7) is 2.58. The second kappa shape index (κ2) is 7.07. The standard InChI is InChI=1S/C19H23NO4/c1-3-20(14-7-5-4-6-8-14)18(21)17-12-13-11-15(23-2)9-10-16(13)19(22)24-17/h9-12,14H,3-8H2,1-2H3. The fraction of sp³-hybridized carbons (Fsp3) is 0.474. The lowest BCUT2D eigenvalue weighted by atomic mass is 9.94. The molecular weight excluding hydrogens is 306 g/mol. The third-order valence-electron chi connectivity index (χ3n) is 4.80. The minimum Gasteiger partial charge on any atom is -0.497 e. The van der Waals surface area contributed by atoms with E-state index in [2.05, 4.69) is 0 Å². The number of nitrogens with zero attached hydrogens (tertiary/aromatic N) is 1. The number of amides is 1. The summed E-state index contributed by atoms with van der Waals surface area (Å²) in [6.07, 6.45) is 5.56. The zero-order chi connectivity index (χ0) is 17.1. The molecule has 1 amide bonds. The minimum absolute atomic E-state index is 0.105. The van der Waals surface area contributed by atoms with Crippen molar-refractivity contribution in [1.29, 1.82) is 0 Å². The predicted molar refractivity (Wildman–Crippen MR) is 92.6 cm³/mol. The van der Waals surface area contributed by atoms with Crippen molar-refractivity contribution in [2.24, 2.45) is 0 Å². The van der Waals surface area contributed by atoms with Gasteiger partial charge in [0.1, 0.15) is 5.75 Å². The zero-order valence-electron chi connectivity index (χ0n) is 14.2. The molecule has 3 rings (SSSR count). The highest BCUT2D eigenvalue weighted by Crippen LogP contribution is 2.25. The molecule has 0 radical (unpaired) electrons. The van der Waals surface area contributed by atoms with Gasteiger partial charge in [0.05, 0.1) is 12.5 Å². The van der Waals surface area contributed by atoms with Gasteiger partial charge in [-0.25, -0.2) is 4.79 Å². The summed E-state index contributed by atoms with van der Waals surface area (Å²) in [5.41, 5.74) is -0.488. The normalized spacial score (nSPS) is 15.4. The van der Waals surface area contributed by atoms with Crippen LogP contribution < -0.4 is 10.4 Å². The molecule has 1 aliphatic rings. The largest absolute Gasteiger partial charge is 0.497 e. The maximum absolute atomic E-state index is 12.9. The summed E-state index contributed by atoms with van der Waals surface area (Å²) >= 11 is 0. The summed E-state index contributed by atoms with van der Waals surface area (Å²) in [5.74, 6) is 0.547. The van der Waals surface area contributed by atoms with Gasteiger partial charge in [0.2, 0.25) is 0 Å². The summed E-state index contributed by atoms with van der Waals surface area (Å²) in [7, 11) is 1.57. The Morgan fingerprint density at radius 2 is 2.00 bits per heavy atom. The van der Waals surface area contributed by atoms with Gasteiger partial charge in [0.25, 0.3) is 5.91 Å². The van der Waals surface area contributed by atoms with E-state index < -0.39 is 5.63 Å². The van der Waals surface area contributed by atoms with Gasteiger partial charge in [-0.05, 0) is 49.4 Å². The van der Waals surface area contributed by atoms with Crippen LogP contribution in [-0.4, -0.2) is 30.5 Å². The monoisotopic (exact) mass is 329 g/mol. The third kappa shape index (κ3) is 3.16. The van der Waals surface area contributed by atoms with Crippen LogP contribution in [-0.2, 0) is 0 Å². The molecule has 0 bridgehead atoms. The van der Waals surface area contributed by atoms with Gasteiger partial charge in [0.15, 0.2) is 5.76 Å². The lowest BCUT2D eigenvalue weighted by Gasteiger charge is -2.33. The molecule has 0 unspecified atom stereocenters. The third-order valence-corrected chi connectivity index (χ3v) is 4.80. The summed E-state index contributed by atoms with van der Waals surface area (Å²) in [4.78, 5) is 26.9. The first-order valence-electron chi connectivity index (χ1n) is 8.57. The number of benzene rings is 1. The first kappa shape index (κ1) is 16.6. The molecule has 1 fully saturated rings. The molecule has 128 valence electrons. The van der Waals surface area contributed by atoms with Crippen molar-refractivity contribution in [3.05, 3.63) is 40.4 Å². The van der Waals surface area contributed by atoms with Crippen molar-refractivity contribution in [3.8, 4) is 5.75 Å². The predicted octanol–water partition coefficient (Wildman–Crippen LogP) is 3.60. The van der Waals surface area contributed by atoms with E-state index in [0.717, 1.165) is 25.7 Å². The van der Waals surface area contributed by atoms with E-state index in [1.807, 2.05) is 11.8 Å². The van der Waals surface area contributed by atoms with Crippen LogP contribution in [0.3, 0.4) is 0 Å². The van der Waals surface area contributed by atoms with Gasteiger partial charge < -0.3 is 14.1 Å². The van der Waals surface area contributed by atoms with E-state index in [1.165, 1.54) is 6.42 Å². The van der Waals surface area contributed by atoms with E-state index in [1.54, 1.807) is 31.4 Å². The van der Waals surface area contributed by atoms with E-state index in [4.69, 9.17) is 9.15 Å². The second-order valence-electron chi connectivity index (χ2n) is 6.23. The van der Waals surface area contributed by atoms with Crippen LogP contribution in [0.1, 0.15) is 49.6 Å². The number of rotatable bonds is 4. The fourth-order valence-corrected chi connectivity index (χ4v) is 3.51. The Balaban J connectivity index is 1.97. The van der Waals surface area contributed by atoms with E-state index in [9.17, 15) is 9.59 Å². The molecule has 2 aromatic rings. The quantitative estimate of drug-likeness (QED) is 0.860. The maximum atomic E-state index is 12.9. The molecule has 0 saturated heterocycles. The summed E-state index contributed by atoms with van der Waals surface area (Å²) in [5, 5.41) is 1.11. The molecular formula is C19H23NO4. The number of hydrogen-bond acceptors (Lipinski definition) is 4. The SMILES string of the molecule is CCN(C(=O)c1cc2cc(OC)ccc2c(=O)o1)C1CCCCC1. The molecule has 1 saturated carbocycles. The van der Waals surface area contributed by atoms with Crippen LogP contribution in [0, 0.1) is 0 Å². The van der Waals surface area contributed by atoms with E-state index in [0.29, 0.717) is 23.1 Å². The Morgan fingerprint density at radius 3 is 2.67 bits per heavy atom. The second-order valence-corrected chi connectivity index (χ2v) is 6.23. The Morgan fingerprint density at radius 1 is 1.25 bits per heavy atom. The van der Waals surface area contributed by atoms with Crippen LogP contribution >= 0.6 is 0 Å². The smallest absolute Gasteiger partial charge is 0.344 e. The summed E-state index contributed by atoms with van der Waals surface area (Å²) < 4.78 is 10.5. The maximum Gasteiger partial charge on any atom is 0.344 e. The Kier molecular flexibility index (Phi) is 4.88. The number of methoxy groups -OCH3 is 1. The molecule has 1 aliphatic carbocycles. The highest BCUT2D eigenvalue weighted by atomic mass is 16.5. The van der Waals surface area contributed by atoms with E-state index in [-0.39, 0.29) is 17.7 Å². The topological polar surface area (TPSA) is 59.8 Å². The van der Waals surface area contributed by atoms with Gasteiger partial charge in [-0.2, -0.15) is 0 Å². The van der Waals surface area contributed by atoms with Gasteiger partial charge in [-0.1, -0.05) is 19.3 Å². The van der Waals surface area contributed by atoms with Crippen molar-refractivity contribution in [3.63, 3.8) is 0 Å². The highest BCUT2D eigenvalue weighted by molar-refractivity contribution is 5.95. The molecule has 1 aromatic carbocycles. The van der Waals surface area contributed by atoms with Gasteiger partial charge in [-0.15, -0.1) is 0 Å². The lowest BCUT2D eigenvalue weighted by molar-refractivity contribution is 0.0611. The zero-order valence-corrected chi connectivity index (χ0v) is 14.2. The number of carbonyl (C=O) groups is 1. The molecule has 0 N–H and O–H groups in total. The average Bonchev–Trinajstić information content (AvgIpc) is 2.62. The van der Waals surface area contributed by atoms with E-state index >= 15 is 0 Å². The number of fused-ring (bicyclic) bond motifs is 1. The van der Waals surface area contributed by atoms with Crippen molar-refractivity contribution >= 4 is 16.7 Å². The van der Waals surface area contributed by atoms with Gasteiger partial charge >= 0.3 is 5.63 Å². The minimum atomic E-state index is -0.488. The van der Waals surface area contributed by atoms with Crippen LogP contribution in [0.4, 0.5) is 0 Å². The fourth-order valence-electron chi connectivity index (χ4n) is 3.51. The van der Waals surface area contributed by atoms with Crippen LogP contribution in [0.25, 0.3) is 10.8 Å². The van der Waals surface area contributed by atoms with Crippen LogP contribution in [0.2, 0.25) is 0 Å².